The summed E-state index contributed by atoms with van der Waals surface area (Å²) in [5.41, 5.74) is -1.00. The van der Waals surface area contributed by atoms with Gasteiger partial charge in [0.2, 0.25) is 0 Å². The summed E-state index contributed by atoms with van der Waals surface area (Å²) in [7, 11) is 0. The molecule has 118 valence electrons. The molecule has 7 heteroatoms. The van der Waals surface area contributed by atoms with Gasteiger partial charge in [-0.25, -0.2) is 13.6 Å². The predicted octanol–water partition coefficient (Wildman–Crippen LogP) is 3.99. The van der Waals surface area contributed by atoms with Crippen LogP contribution in [-0.2, 0) is 9.53 Å². The van der Waals surface area contributed by atoms with Crippen LogP contribution in [0.25, 0.3) is 5.76 Å². The SMILES string of the molecule is CCOC(=O)C(C(=N)C1CC1)=C(O)c1cc(F)c(Br)cc1F. The average Bonchev–Trinajstić information content (AvgIpc) is 3.27. The monoisotopic (exact) mass is 373 g/mol. The van der Waals surface area contributed by atoms with Crippen LogP contribution in [0.4, 0.5) is 8.78 Å². The molecule has 2 N–H and O–H groups in total. The molecule has 1 aromatic carbocycles. The van der Waals surface area contributed by atoms with Crippen molar-refractivity contribution in [2.75, 3.05) is 6.61 Å². The van der Waals surface area contributed by atoms with Gasteiger partial charge in [-0.15, -0.1) is 0 Å². The second kappa shape index (κ2) is 6.56. The highest BCUT2D eigenvalue weighted by atomic mass is 79.9. The van der Waals surface area contributed by atoms with Gasteiger partial charge in [-0.1, -0.05) is 0 Å². The Bertz CT molecular complexity index is 669. The summed E-state index contributed by atoms with van der Waals surface area (Å²) in [5.74, 6) is -3.55. The lowest BCUT2D eigenvalue weighted by molar-refractivity contribution is -0.137. The van der Waals surface area contributed by atoms with Crippen molar-refractivity contribution < 1.29 is 23.4 Å². The number of aliphatic hydroxyl groups is 1. The van der Waals surface area contributed by atoms with Gasteiger partial charge < -0.3 is 15.3 Å². The Hall–Kier alpha value is -1.76. The van der Waals surface area contributed by atoms with Gasteiger partial charge in [-0.3, -0.25) is 0 Å². The van der Waals surface area contributed by atoms with Crippen molar-refractivity contribution in [3.8, 4) is 0 Å². The third-order valence-corrected chi connectivity index (χ3v) is 3.84. The van der Waals surface area contributed by atoms with Gasteiger partial charge in [0.15, 0.2) is 0 Å². The summed E-state index contributed by atoms with van der Waals surface area (Å²) >= 11 is 2.84. The maximum absolute atomic E-state index is 14.0. The maximum atomic E-state index is 14.0. The Balaban J connectivity index is 2.55. The van der Waals surface area contributed by atoms with E-state index in [0.717, 1.165) is 12.1 Å². The Labute approximate surface area is 134 Å². The summed E-state index contributed by atoms with van der Waals surface area (Å²) in [4.78, 5) is 12.0. The van der Waals surface area contributed by atoms with Crippen LogP contribution < -0.4 is 0 Å². The molecule has 1 aromatic rings. The van der Waals surface area contributed by atoms with Crippen LogP contribution in [0.15, 0.2) is 22.2 Å². The number of hydrogen-bond acceptors (Lipinski definition) is 4. The fourth-order valence-corrected chi connectivity index (χ4v) is 2.27. The minimum atomic E-state index is -0.917. The predicted molar refractivity (Wildman–Crippen MR) is 80.7 cm³/mol. The normalized spacial score (nSPS) is 15.3. The number of carbonyl (C=O) groups is 1. The molecule has 0 saturated heterocycles. The third-order valence-electron chi connectivity index (χ3n) is 3.24. The first-order valence-corrected chi connectivity index (χ1v) is 7.50. The van der Waals surface area contributed by atoms with E-state index in [0.29, 0.717) is 12.8 Å². The quantitative estimate of drug-likeness (QED) is 0.269. The Morgan fingerprint density at radius 1 is 1.41 bits per heavy atom. The molecule has 0 aromatic heterocycles. The molecular weight excluding hydrogens is 360 g/mol. The molecule has 0 atom stereocenters. The molecule has 22 heavy (non-hydrogen) atoms. The van der Waals surface area contributed by atoms with E-state index in [4.69, 9.17) is 10.1 Å². The van der Waals surface area contributed by atoms with E-state index in [2.05, 4.69) is 15.9 Å². The molecule has 0 unspecified atom stereocenters. The minimum absolute atomic E-state index is 0.0464. The number of nitrogens with one attached hydrogen (secondary N) is 1. The van der Waals surface area contributed by atoms with Gasteiger partial charge in [0.05, 0.1) is 22.4 Å². The largest absolute Gasteiger partial charge is 0.506 e. The lowest BCUT2D eigenvalue weighted by Gasteiger charge is -2.12. The van der Waals surface area contributed by atoms with Crippen molar-refractivity contribution in [1.82, 2.24) is 0 Å². The number of hydrogen-bond donors (Lipinski definition) is 2. The highest BCUT2D eigenvalue weighted by Crippen LogP contribution is 2.35. The lowest BCUT2D eigenvalue weighted by atomic mass is 10.0. The smallest absolute Gasteiger partial charge is 0.343 e. The Morgan fingerprint density at radius 2 is 2.05 bits per heavy atom. The highest BCUT2D eigenvalue weighted by molar-refractivity contribution is 9.10. The standard InChI is InChI=1S/C15H14BrF2NO3/c1-2-22-15(21)12(13(19)7-3-4-7)14(20)8-5-11(18)9(16)6-10(8)17/h5-7,19-20H,2-4H2,1H3. The second-order valence-electron chi connectivity index (χ2n) is 4.88. The first-order valence-electron chi connectivity index (χ1n) is 6.70. The molecule has 1 fully saturated rings. The van der Waals surface area contributed by atoms with E-state index in [1.807, 2.05) is 0 Å². The first-order chi connectivity index (χ1) is 10.4. The number of rotatable bonds is 5. The summed E-state index contributed by atoms with van der Waals surface area (Å²) in [6, 6.07) is 1.62. The molecule has 0 aliphatic heterocycles. The van der Waals surface area contributed by atoms with Crippen molar-refractivity contribution in [1.29, 1.82) is 5.41 Å². The zero-order chi connectivity index (χ0) is 16.4. The van der Waals surface area contributed by atoms with Gasteiger partial charge in [0.1, 0.15) is 23.0 Å². The molecule has 0 heterocycles. The first kappa shape index (κ1) is 16.6. The third kappa shape index (κ3) is 3.35. The van der Waals surface area contributed by atoms with Gasteiger partial charge >= 0.3 is 5.97 Å². The van der Waals surface area contributed by atoms with E-state index < -0.39 is 34.5 Å². The summed E-state index contributed by atoms with van der Waals surface area (Å²) < 4.78 is 32.3. The molecular formula is C15H14BrF2NO3. The number of esters is 1. The number of halogens is 3. The number of aliphatic hydroxyl groups excluding tert-OH is 1. The summed E-state index contributed by atoms with van der Waals surface area (Å²) in [6.45, 7) is 1.62. The van der Waals surface area contributed by atoms with Crippen molar-refractivity contribution >= 4 is 33.4 Å². The zero-order valence-electron chi connectivity index (χ0n) is 11.8. The van der Waals surface area contributed by atoms with Gasteiger partial charge in [0, 0.05) is 5.92 Å². The topological polar surface area (TPSA) is 70.4 Å². The van der Waals surface area contributed by atoms with Crippen molar-refractivity contribution in [2.24, 2.45) is 5.92 Å². The van der Waals surface area contributed by atoms with Gasteiger partial charge in [-0.2, -0.15) is 0 Å². The van der Waals surface area contributed by atoms with Crippen molar-refractivity contribution in [3.63, 3.8) is 0 Å². The minimum Gasteiger partial charge on any atom is -0.506 e. The van der Waals surface area contributed by atoms with E-state index in [1.165, 1.54) is 0 Å². The fraction of sp³-hybridized carbons (Fsp3) is 0.333. The number of benzene rings is 1. The molecule has 4 nitrogen and oxygen atoms in total. The Morgan fingerprint density at radius 3 is 2.59 bits per heavy atom. The van der Waals surface area contributed by atoms with E-state index in [1.54, 1.807) is 6.92 Å². The van der Waals surface area contributed by atoms with Crippen molar-refractivity contribution in [3.05, 3.63) is 39.4 Å². The summed E-state index contributed by atoms with van der Waals surface area (Å²) in [5, 5.41) is 18.2. The molecule has 0 bridgehead atoms. The van der Waals surface area contributed by atoms with Crippen LogP contribution >= 0.6 is 15.9 Å². The molecule has 0 amide bonds. The lowest BCUT2D eigenvalue weighted by Crippen LogP contribution is -2.19. The molecule has 0 spiro atoms. The van der Waals surface area contributed by atoms with Crippen molar-refractivity contribution in [2.45, 2.75) is 19.8 Å². The van der Waals surface area contributed by atoms with Crippen LogP contribution in [0, 0.1) is 23.0 Å². The maximum Gasteiger partial charge on any atom is 0.343 e. The number of carbonyl (C=O) groups excluding carboxylic acids is 1. The fourth-order valence-electron chi connectivity index (χ4n) is 1.95. The van der Waals surface area contributed by atoms with Crippen LogP contribution in [0.5, 0.6) is 0 Å². The molecule has 1 aliphatic carbocycles. The second-order valence-corrected chi connectivity index (χ2v) is 5.73. The van der Waals surface area contributed by atoms with E-state index in [-0.39, 0.29) is 22.7 Å². The molecule has 1 aliphatic rings. The van der Waals surface area contributed by atoms with Gasteiger partial charge in [-0.05, 0) is 47.8 Å². The zero-order valence-corrected chi connectivity index (χ0v) is 13.3. The van der Waals surface area contributed by atoms with E-state index >= 15 is 0 Å². The van der Waals surface area contributed by atoms with E-state index in [9.17, 15) is 18.7 Å². The summed E-state index contributed by atoms with van der Waals surface area (Å²) in [6.07, 6.45) is 1.43. The van der Waals surface area contributed by atoms with Gasteiger partial charge in [0.25, 0.3) is 0 Å². The Kier molecular flexibility index (Phi) is 4.95. The molecule has 0 radical (unpaired) electrons. The van der Waals surface area contributed by atoms with Crippen LogP contribution in [-0.4, -0.2) is 23.4 Å². The van der Waals surface area contributed by atoms with Crippen LogP contribution in [0.3, 0.4) is 0 Å². The van der Waals surface area contributed by atoms with Crippen LogP contribution in [0.1, 0.15) is 25.3 Å². The van der Waals surface area contributed by atoms with Crippen LogP contribution in [0.2, 0.25) is 0 Å². The average molecular weight is 374 g/mol. The molecule has 2 rings (SSSR count). The highest BCUT2D eigenvalue weighted by Gasteiger charge is 2.35. The molecule has 1 saturated carbocycles. The number of ether oxygens (including phenoxy) is 1.